The Hall–Kier alpha value is -2.80. The molecule has 7 heteroatoms. The lowest BCUT2D eigenvalue weighted by Crippen LogP contribution is -2.02. The maximum Gasteiger partial charge on any atom is 0.347 e. The number of aromatic nitrogens is 1. The lowest BCUT2D eigenvalue weighted by molar-refractivity contribution is -0.384. The van der Waals surface area contributed by atoms with Crippen LogP contribution < -0.4 is 5.63 Å². The van der Waals surface area contributed by atoms with E-state index in [2.05, 4.69) is 20.9 Å². The summed E-state index contributed by atoms with van der Waals surface area (Å²) in [7, 11) is 0. The number of nitrogens with zero attached hydrogens (tertiary/aromatic N) is 2. The molecular formula is C16H9BrN2O4. The molecule has 0 radical (unpaired) electrons. The highest BCUT2D eigenvalue weighted by Gasteiger charge is 2.05. The quantitative estimate of drug-likeness (QED) is 0.511. The Morgan fingerprint density at radius 1 is 1.13 bits per heavy atom. The van der Waals surface area contributed by atoms with E-state index in [9.17, 15) is 14.9 Å². The third kappa shape index (κ3) is 3.35. The summed E-state index contributed by atoms with van der Waals surface area (Å²) in [5.41, 5.74) is 0.812. The molecule has 3 rings (SSSR count). The van der Waals surface area contributed by atoms with Crippen molar-refractivity contribution in [2.24, 2.45) is 0 Å². The summed E-state index contributed by atoms with van der Waals surface area (Å²) >= 11 is 3.29. The molecule has 3 aromatic rings. The molecule has 114 valence electrons. The van der Waals surface area contributed by atoms with E-state index in [-0.39, 0.29) is 11.6 Å². The molecule has 1 aromatic heterocycles. The first-order valence-electron chi connectivity index (χ1n) is 6.56. The zero-order chi connectivity index (χ0) is 16.4. The highest BCUT2D eigenvalue weighted by molar-refractivity contribution is 9.10. The summed E-state index contributed by atoms with van der Waals surface area (Å²) in [4.78, 5) is 26.3. The zero-order valence-corrected chi connectivity index (χ0v) is 13.2. The first kappa shape index (κ1) is 15.1. The van der Waals surface area contributed by atoms with Crippen LogP contribution in [-0.4, -0.2) is 9.91 Å². The third-order valence-electron chi connectivity index (χ3n) is 3.13. The lowest BCUT2D eigenvalue weighted by Gasteiger charge is -1.98. The van der Waals surface area contributed by atoms with E-state index >= 15 is 0 Å². The maximum atomic E-state index is 11.9. The summed E-state index contributed by atoms with van der Waals surface area (Å²) in [5, 5.41) is 11.0. The van der Waals surface area contributed by atoms with Crippen molar-refractivity contribution in [3.05, 3.63) is 78.9 Å². The maximum absolute atomic E-state index is 11.9. The van der Waals surface area contributed by atoms with Crippen molar-refractivity contribution in [2.75, 3.05) is 0 Å². The summed E-state index contributed by atoms with van der Waals surface area (Å²) in [6, 6.07) is 11.2. The minimum Gasteiger partial charge on any atom is -0.404 e. The van der Waals surface area contributed by atoms with Gasteiger partial charge in [-0.15, -0.1) is 0 Å². The topological polar surface area (TPSA) is 86.2 Å². The van der Waals surface area contributed by atoms with E-state index in [1.54, 1.807) is 42.5 Å². The molecule has 0 saturated carbocycles. The van der Waals surface area contributed by atoms with Crippen LogP contribution in [0.1, 0.15) is 11.5 Å². The van der Waals surface area contributed by atoms with Crippen LogP contribution in [-0.2, 0) is 0 Å². The van der Waals surface area contributed by atoms with Crippen LogP contribution in [0.2, 0.25) is 0 Å². The smallest absolute Gasteiger partial charge is 0.347 e. The van der Waals surface area contributed by atoms with Gasteiger partial charge in [0.15, 0.2) is 0 Å². The molecule has 0 aliphatic rings. The van der Waals surface area contributed by atoms with Crippen LogP contribution in [0, 0.1) is 10.1 Å². The van der Waals surface area contributed by atoms with Crippen LogP contribution in [0.15, 0.2) is 56.1 Å². The van der Waals surface area contributed by atoms with Crippen molar-refractivity contribution in [3.8, 4) is 0 Å². The molecule has 2 aromatic carbocycles. The fourth-order valence-electron chi connectivity index (χ4n) is 2.01. The summed E-state index contributed by atoms with van der Waals surface area (Å²) in [6.45, 7) is 0. The van der Waals surface area contributed by atoms with Gasteiger partial charge in [-0.3, -0.25) is 10.1 Å². The molecule has 0 N–H and O–H groups in total. The molecule has 0 saturated heterocycles. The highest BCUT2D eigenvalue weighted by Crippen LogP contribution is 2.17. The monoisotopic (exact) mass is 372 g/mol. The second-order valence-electron chi connectivity index (χ2n) is 4.68. The van der Waals surface area contributed by atoms with Gasteiger partial charge in [0.25, 0.3) is 5.69 Å². The van der Waals surface area contributed by atoms with Gasteiger partial charge < -0.3 is 4.42 Å². The molecule has 0 atom stereocenters. The van der Waals surface area contributed by atoms with E-state index in [0.717, 1.165) is 10.0 Å². The van der Waals surface area contributed by atoms with E-state index < -0.39 is 10.5 Å². The predicted octanol–water partition coefficient (Wildman–Crippen LogP) is 4.03. The zero-order valence-electron chi connectivity index (χ0n) is 11.6. The van der Waals surface area contributed by atoms with Crippen LogP contribution in [0.4, 0.5) is 5.69 Å². The van der Waals surface area contributed by atoms with Crippen LogP contribution in [0.25, 0.3) is 23.1 Å². The van der Waals surface area contributed by atoms with Gasteiger partial charge in [0.1, 0.15) is 0 Å². The number of halogens is 1. The second kappa shape index (κ2) is 6.13. The highest BCUT2D eigenvalue weighted by atomic mass is 79.9. The van der Waals surface area contributed by atoms with E-state index in [1.165, 1.54) is 12.1 Å². The van der Waals surface area contributed by atoms with Gasteiger partial charge in [0.2, 0.25) is 5.89 Å². The fourth-order valence-corrected chi connectivity index (χ4v) is 2.37. The molecule has 0 aliphatic heterocycles. The summed E-state index contributed by atoms with van der Waals surface area (Å²) < 4.78 is 5.92. The minimum atomic E-state index is -0.473. The van der Waals surface area contributed by atoms with Crippen LogP contribution in [0.5, 0.6) is 0 Å². The van der Waals surface area contributed by atoms with E-state index in [4.69, 9.17) is 4.42 Å². The van der Waals surface area contributed by atoms with Gasteiger partial charge >= 0.3 is 5.63 Å². The van der Waals surface area contributed by atoms with Crippen molar-refractivity contribution < 1.29 is 9.34 Å². The van der Waals surface area contributed by atoms with Gasteiger partial charge in [-0.2, -0.15) is 0 Å². The Morgan fingerprint density at radius 2 is 1.87 bits per heavy atom. The van der Waals surface area contributed by atoms with E-state index in [0.29, 0.717) is 10.9 Å². The summed E-state index contributed by atoms with van der Waals surface area (Å²) in [6.07, 6.45) is 3.21. The molecule has 0 aliphatic carbocycles. The lowest BCUT2D eigenvalue weighted by atomic mass is 10.2. The average molecular weight is 373 g/mol. The number of hydrogen-bond acceptors (Lipinski definition) is 5. The number of fused-ring (bicyclic) bond motifs is 1. The SMILES string of the molecule is O=c1oc(/C=C/c2ccc([N+](=O)[O-])cc2)nc2ccc(Br)cc12. The Balaban J connectivity index is 1.93. The van der Waals surface area contributed by atoms with Gasteiger partial charge in [-0.25, -0.2) is 9.78 Å². The molecule has 0 bridgehead atoms. The Bertz CT molecular complexity index is 978. The molecule has 0 spiro atoms. The largest absolute Gasteiger partial charge is 0.404 e. The molecule has 0 unspecified atom stereocenters. The molecule has 1 heterocycles. The number of nitro groups is 1. The Kier molecular flexibility index (Phi) is 4.03. The molecule has 0 fully saturated rings. The second-order valence-corrected chi connectivity index (χ2v) is 5.60. The third-order valence-corrected chi connectivity index (χ3v) is 3.62. The molecule has 23 heavy (non-hydrogen) atoms. The number of hydrogen-bond donors (Lipinski definition) is 0. The van der Waals surface area contributed by atoms with Crippen molar-refractivity contribution in [2.45, 2.75) is 0 Å². The minimum absolute atomic E-state index is 0.0167. The summed E-state index contributed by atoms with van der Waals surface area (Å²) in [5.74, 6) is 0.170. The molecular weight excluding hydrogens is 364 g/mol. The normalized spacial score (nSPS) is 11.2. The van der Waals surface area contributed by atoms with Gasteiger partial charge in [-0.1, -0.05) is 15.9 Å². The van der Waals surface area contributed by atoms with E-state index in [1.807, 2.05) is 0 Å². The van der Waals surface area contributed by atoms with Crippen molar-refractivity contribution in [1.82, 2.24) is 4.98 Å². The van der Waals surface area contributed by atoms with Crippen LogP contribution >= 0.6 is 15.9 Å². The average Bonchev–Trinajstić information content (AvgIpc) is 2.54. The number of benzene rings is 2. The Morgan fingerprint density at radius 3 is 2.57 bits per heavy atom. The van der Waals surface area contributed by atoms with Crippen molar-refractivity contribution in [1.29, 1.82) is 0 Å². The van der Waals surface area contributed by atoms with Gasteiger partial charge in [-0.05, 0) is 42.0 Å². The number of nitro benzene ring substituents is 1. The van der Waals surface area contributed by atoms with Crippen LogP contribution in [0.3, 0.4) is 0 Å². The molecule has 0 amide bonds. The fraction of sp³-hybridized carbons (Fsp3) is 0. The first-order valence-corrected chi connectivity index (χ1v) is 7.35. The first-order chi connectivity index (χ1) is 11.0. The van der Waals surface area contributed by atoms with Crippen molar-refractivity contribution in [3.63, 3.8) is 0 Å². The predicted molar refractivity (Wildman–Crippen MR) is 90.0 cm³/mol. The van der Waals surface area contributed by atoms with Gasteiger partial charge in [0.05, 0.1) is 15.8 Å². The van der Waals surface area contributed by atoms with Gasteiger partial charge in [0, 0.05) is 22.7 Å². The van der Waals surface area contributed by atoms with Crippen molar-refractivity contribution >= 4 is 44.7 Å². The number of non-ortho nitro benzene ring substituents is 1. The number of rotatable bonds is 3. The molecule has 6 nitrogen and oxygen atoms in total. The Labute approximate surface area is 138 Å². The standard InChI is InChI=1S/C16H9BrN2O4/c17-11-4-7-14-13(9-11)16(20)23-15(18-14)8-3-10-1-5-12(6-2-10)19(21)22/h1-9H/b8-3+.